The lowest BCUT2D eigenvalue weighted by Crippen LogP contribution is -2.66. The zero-order valence-electron chi connectivity index (χ0n) is 34.9. The normalized spacial score (nSPS) is 42.1. The molecule has 4 fully saturated rings. The molecule has 0 amide bonds. The van der Waals surface area contributed by atoms with E-state index in [1.54, 1.807) is 13.0 Å². The van der Waals surface area contributed by atoms with Crippen LogP contribution in [0.5, 0.6) is 0 Å². The van der Waals surface area contributed by atoms with Gasteiger partial charge in [0.2, 0.25) is 18.1 Å². The van der Waals surface area contributed by atoms with E-state index in [-0.39, 0.29) is 35.2 Å². The first-order valence-corrected chi connectivity index (χ1v) is 20.1. The van der Waals surface area contributed by atoms with Gasteiger partial charge >= 0.3 is 23.9 Å². The summed E-state index contributed by atoms with van der Waals surface area (Å²) < 4.78 is 29.2. The Morgan fingerprint density at radius 2 is 1.48 bits per heavy atom. The van der Waals surface area contributed by atoms with Gasteiger partial charge in [0, 0.05) is 43.4 Å². The van der Waals surface area contributed by atoms with E-state index in [9.17, 15) is 19.2 Å². The molecule has 12 nitrogen and oxygen atoms in total. The fourth-order valence-corrected chi connectivity index (χ4v) is 12.4. The highest BCUT2D eigenvalue weighted by Gasteiger charge is 2.71. The van der Waals surface area contributed by atoms with Crippen molar-refractivity contribution in [1.82, 2.24) is 0 Å². The van der Waals surface area contributed by atoms with Crippen LogP contribution >= 0.6 is 0 Å². The summed E-state index contributed by atoms with van der Waals surface area (Å²) >= 11 is 0. The molecule has 0 spiro atoms. The molecule has 0 aromatic rings. The van der Waals surface area contributed by atoms with Gasteiger partial charge in [0.25, 0.3) is 0 Å². The Hall–Kier alpha value is -3.85. The second-order valence-corrected chi connectivity index (χ2v) is 19.6. The Bertz CT molecular complexity index is 1840. The smallest absolute Gasteiger partial charge is 0.314 e. The average molecular weight is 778 g/mol. The number of carbonyl (C=O) groups is 6. The zero-order chi connectivity index (χ0) is 41.6. The minimum Gasteiger partial charge on any atom is -0.463 e. The summed E-state index contributed by atoms with van der Waals surface area (Å²) in [5.41, 5.74) is -2.67. The number of rotatable bonds is 6. The number of carbonyl (C=O) groups excluding carboxylic acids is 6. The van der Waals surface area contributed by atoms with Crippen molar-refractivity contribution in [2.75, 3.05) is 6.61 Å². The molecule has 1 saturated heterocycles. The molecule has 1 aliphatic heterocycles. The molecule has 306 valence electrons. The summed E-state index contributed by atoms with van der Waals surface area (Å²) in [6, 6.07) is 0. The molecule has 1 heterocycles. The molecule has 0 radical (unpaired) electrons. The Balaban J connectivity index is 1.41. The first kappa shape index (κ1) is 41.8. The standard InChI is InChI=1S/C44H59NO11/c1-23-30(22-52-24(2)46)55-37(35(54-26(4)48)34(23)53-25(3)47)56-38(51)44-17-15-39(5,6)20-27(44)33-29(49)19-32-41(9)21-28(45-12)36(50)40(7,8)31(41)13-14-42(32,10)43(33,11)16-18-44/h19,21,23,27,30-31,33-35,37H,13-18,20,22H2,1-11H3. The van der Waals surface area contributed by atoms with Gasteiger partial charge in [-0.15, -0.1) is 0 Å². The third-order valence-electron chi connectivity index (χ3n) is 15.5. The lowest BCUT2D eigenvalue weighted by Gasteiger charge is -2.69. The lowest BCUT2D eigenvalue weighted by molar-refractivity contribution is -0.293. The van der Waals surface area contributed by atoms with Crippen molar-refractivity contribution in [3.05, 3.63) is 34.8 Å². The predicted octanol–water partition coefficient (Wildman–Crippen LogP) is 6.89. The fourth-order valence-electron chi connectivity index (χ4n) is 12.4. The van der Waals surface area contributed by atoms with E-state index in [0.29, 0.717) is 32.1 Å². The monoisotopic (exact) mass is 777 g/mol. The van der Waals surface area contributed by atoms with Crippen LogP contribution in [0.15, 0.2) is 23.4 Å². The molecule has 12 heteroatoms. The molecule has 3 saturated carbocycles. The van der Waals surface area contributed by atoms with Gasteiger partial charge in [0.05, 0.1) is 12.0 Å². The molecule has 6 aliphatic rings. The quantitative estimate of drug-likeness (QED) is 0.157. The minimum absolute atomic E-state index is 0.0502. The van der Waals surface area contributed by atoms with Crippen molar-refractivity contribution in [3.63, 3.8) is 0 Å². The summed E-state index contributed by atoms with van der Waals surface area (Å²) in [5.74, 6) is -4.27. The van der Waals surface area contributed by atoms with Gasteiger partial charge in [-0.25, -0.2) is 4.85 Å². The summed E-state index contributed by atoms with van der Waals surface area (Å²) in [6.45, 7) is 27.8. The van der Waals surface area contributed by atoms with Crippen LogP contribution in [0.3, 0.4) is 0 Å². The molecule has 56 heavy (non-hydrogen) atoms. The van der Waals surface area contributed by atoms with Gasteiger partial charge in [-0.2, -0.15) is 0 Å². The van der Waals surface area contributed by atoms with Gasteiger partial charge in [0.15, 0.2) is 11.6 Å². The summed E-state index contributed by atoms with van der Waals surface area (Å²) in [7, 11) is 0. The maximum atomic E-state index is 15.1. The molecular formula is C44H59NO11. The van der Waals surface area contributed by atoms with E-state index in [2.05, 4.69) is 39.5 Å². The Morgan fingerprint density at radius 3 is 2.09 bits per heavy atom. The molecule has 12 atom stereocenters. The molecular weight excluding hydrogens is 718 g/mol. The number of Topliss-reactive ketones (excluding diaryl/α,β-unsaturated/α-hetero) is 1. The third-order valence-corrected chi connectivity index (χ3v) is 15.5. The Kier molecular flexibility index (Phi) is 10.4. The maximum Gasteiger partial charge on any atom is 0.314 e. The van der Waals surface area contributed by atoms with Gasteiger partial charge in [-0.3, -0.25) is 24.0 Å². The summed E-state index contributed by atoms with van der Waals surface area (Å²) in [5, 5.41) is 0. The number of nitrogens with zero attached hydrogens (tertiary/aromatic N) is 1. The van der Waals surface area contributed by atoms with E-state index in [1.165, 1.54) is 20.8 Å². The van der Waals surface area contributed by atoms with Crippen LogP contribution in [0.2, 0.25) is 0 Å². The first-order valence-electron chi connectivity index (χ1n) is 20.1. The van der Waals surface area contributed by atoms with Gasteiger partial charge in [-0.05, 0) is 79.1 Å². The molecule has 0 N–H and O–H groups in total. The van der Waals surface area contributed by atoms with Crippen molar-refractivity contribution in [2.24, 2.45) is 56.2 Å². The van der Waals surface area contributed by atoms with Crippen molar-refractivity contribution in [1.29, 1.82) is 0 Å². The van der Waals surface area contributed by atoms with Crippen LogP contribution < -0.4 is 0 Å². The van der Waals surface area contributed by atoms with Crippen LogP contribution in [-0.2, 0) is 52.5 Å². The average Bonchev–Trinajstić information content (AvgIpc) is 3.09. The molecule has 0 aromatic carbocycles. The minimum atomic E-state index is -1.49. The number of allylic oxidation sites excluding steroid dienone is 4. The fraction of sp³-hybridized carbons (Fsp3) is 0.750. The van der Waals surface area contributed by atoms with Crippen LogP contribution in [-0.4, -0.2) is 66.7 Å². The molecule has 6 rings (SSSR count). The van der Waals surface area contributed by atoms with Crippen LogP contribution in [0.1, 0.15) is 121 Å². The van der Waals surface area contributed by atoms with Gasteiger partial charge in [-0.1, -0.05) is 67.0 Å². The maximum absolute atomic E-state index is 15.1. The van der Waals surface area contributed by atoms with Gasteiger partial charge < -0.3 is 28.5 Å². The van der Waals surface area contributed by atoms with Crippen molar-refractivity contribution >= 4 is 35.4 Å². The van der Waals surface area contributed by atoms with Crippen LogP contribution in [0.25, 0.3) is 4.85 Å². The number of hydrogen-bond donors (Lipinski definition) is 0. The second kappa shape index (κ2) is 13.9. The number of esters is 4. The zero-order valence-corrected chi connectivity index (χ0v) is 34.9. The summed E-state index contributed by atoms with van der Waals surface area (Å²) in [6.07, 6.45) is 3.16. The number of hydrogen-bond acceptors (Lipinski definition) is 11. The van der Waals surface area contributed by atoms with E-state index in [1.807, 2.05) is 19.9 Å². The lowest BCUT2D eigenvalue weighted by atomic mass is 9.34. The number of fused-ring (bicyclic) bond motifs is 7. The highest BCUT2D eigenvalue weighted by atomic mass is 16.7. The number of ether oxygens (including phenoxy) is 5. The third kappa shape index (κ3) is 6.35. The van der Waals surface area contributed by atoms with Crippen LogP contribution in [0.4, 0.5) is 0 Å². The highest BCUT2D eigenvalue weighted by Crippen LogP contribution is 2.74. The Morgan fingerprint density at radius 1 is 0.857 bits per heavy atom. The van der Waals surface area contributed by atoms with E-state index < -0.39 is 93.3 Å². The van der Waals surface area contributed by atoms with E-state index in [4.69, 9.17) is 30.3 Å². The molecule has 0 aromatic heterocycles. The van der Waals surface area contributed by atoms with E-state index >= 15 is 9.59 Å². The number of ketones is 2. The van der Waals surface area contributed by atoms with Crippen LogP contribution in [0, 0.1) is 62.7 Å². The first-order chi connectivity index (χ1) is 25.9. The predicted molar refractivity (Wildman–Crippen MR) is 202 cm³/mol. The molecule has 12 unspecified atom stereocenters. The Labute approximate surface area is 330 Å². The van der Waals surface area contributed by atoms with E-state index in [0.717, 1.165) is 18.4 Å². The van der Waals surface area contributed by atoms with Crippen molar-refractivity contribution < 1.29 is 52.5 Å². The highest BCUT2D eigenvalue weighted by molar-refractivity contribution is 6.03. The van der Waals surface area contributed by atoms with Gasteiger partial charge in [0.1, 0.15) is 18.8 Å². The molecule has 0 bridgehead atoms. The SMILES string of the molecule is [C-]#[N+]C1=CC2(C)C3=CC(=O)C4C5CC(C)(C)CCC5(C(=O)OC5OC(COC(C)=O)C(C)C(OC(C)=O)C5OC(C)=O)CCC4(C)C3(C)CCC2C(C)(C)C1=O. The van der Waals surface area contributed by atoms with Crippen molar-refractivity contribution in [2.45, 2.75) is 146 Å². The largest absolute Gasteiger partial charge is 0.463 e. The topological polar surface area (TPSA) is 153 Å². The molecule has 5 aliphatic carbocycles. The second-order valence-electron chi connectivity index (χ2n) is 19.6. The van der Waals surface area contributed by atoms with Crippen molar-refractivity contribution in [3.8, 4) is 0 Å². The summed E-state index contributed by atoms with van der Waals surface area (Å²) in [4.78, 5) is 83.8.